The first-order valence-electron chi connectivity index (χ1n) is 7.56. The van der Waals surface area contributed by atoms with Gasteiger partial charge in [-0.3, -0.25) is 0 Å². The van der Waals surface area contributed by atoms with Crippen LogP contribution in [0.1, 0.15) is 25.3 Å². The summed E-state index contributed by atoms with van der Waals surface area (Å²) >= 11 is 8.11. The standard InChI is InChI=1S/C16H25ClN2OS/c1-12(16(11-20)21-2)18-10-13-14(17)6-5-7-15(13)19-8-3-4-9-19/h5-7,12,16,18,20H,3-4,8-11H2,1-2H3. The van der Waals surface area contributed by atoms with Gasteiger partial charge in [0.25, 0.3) is 0 Å². The first kappa shape index (κ1) is 16.9. The molecule has 2 N–H and O–H groups in total. The monoisotopic (exact) mass is 328 g/mol. The maximum atomic E-state index is 9.38. The van der Waals surface area contributed by atoms with E-state index in [1.54, 1.807) is 11.8 Å². The van der Waals surface area contributed by atoms with Crippen molar-refractivity contribution in [2.45, 2.75) is 37.6 Å². The lowest BCUT2D eigenvalue weighted by molar-refractivity contribution is 0.276. The Morgan fingerprint density at radius 1 is 1.38 bits per heavy atom. The fraction of sp³-hybridized carbons (Fsp3) is 0.625. The van der Waals surface area contributed by atoms with Gasteiger partial charge >= 0.3 is 0 Å². The molecule has 0 bridgehead atoms. The Balaban J connectivity index is 2.08. The number of nitrogens with one attached hydrogen (secondary N) is 1. The zero-order valence-electron chi connectivity index (χ0n) is 12.8. The highest BCUT2D eigenvalue weighted by atomic mass is 35.5. The fourth-order valence-corrected chi connectivity index (χ4v) is 3.70. The van der Waals surface area contributed by atoms with Crippen molar-refractivity contribution in [2.75, 3.05) is 30.9 Å². The molecule has 118 valence electrons. The van der Waals surface area contributed by atoms with Gasteiger partial charge in [0.2, 0.25) is 0 Å². The third kappa shape index (κ3) is 4.28. The zero-order chi connectivity index (χ0) is 15.2. The lowest BCUT2D eigenvalue weighted by Gasteiger charge is -2.25. The van der Waals surface area contributed by atoms with Gasteiger partial charge in [0.15, 0.2) is 0 Å². The van der Waals surface area contributed by atoms with E-state index < -0.39 is 0 Å². The SMILES string of the molecule is CSC(CO)C(C)NCc1c(Cl)cccc1N1CCCC1. The molecule has 2 rings (SSSR count). The molecule has 0 amide bonds. The fourth-order valence-electron chi connectivity index (χ4n) is 2.81. The Kier molecular flexibility index (Phi) is 6.68. The van der Waals surface area contributed by atoms with E-state index in [0.29, 0.717) is 0 Å². The summed E-state index contributed by atoms with van der Waals surface area (Å²) in [5.74, 6) is 0. The molecule has 1 aromatic rings. The number of anilines is 1. The average molecular weight is 329 g/mol. The highest BCUT2D eigenvalue weighted by Crippen LogP contribution is 2.30. The van der Waals surface area contributed by atoms with E-state index in [-0.39, 0.29) is 17.9 Å². The van der Waals surface area contributed by atoms with Crippen molar-refractivity contribution in [2.24, 2.45) is 0 Å². The molecule has 0 radical (unpaired) electrons. The quantitative estimate of drug-likeness (QED) is 0.806. The van der Waals surface area contributed by atoms with Crippen LogP contribution in [0.4, 0.5) is 5.69 Å². The van der Waals surface area contributed by atoms with Crippen LogP contribution in [-0.4, -0.2) is 42.4 Å². The van der Waals surface area contributed by atoms with Gasteiger partial charge in [0.05, 0.1) is 6.61 Å². The molecule has 1 aliphatic heterocycles. The Morgan fingerprint density at radius 2 is 2.10 bits per heavy atom. The summed E-state index contributed by atoms with van der Waals surface area (Å²) in [6.45, 7) is 5.28. The number of aliphatic hydroxyl groups excluding tert-OH is 1. The van der Waals surface area contributed by atoms with Gasteiger partial charge in [-0.25, -0.2) is 0 Å². The van der Waals surface area contributed by atoms with Gasteiger partial charge in [-0.2, -0.15) is 11.8 Å². The van der Waals surface area contributed by atoms with E-state index in [1.165, 1.54) is 24.1 Å². The Bertz CT molecular complexity index is 448. The summed E-state index contributed by atoms with van der Waals surface area (Å²) in [4.78, 5) is 2.42. The van der Waals surface area contributed by atoms with Gasteiger partial charge < -0.3 is 15.3 Å². The number of thioether (sulfide) groups is 1. The smallest absolute Gasteiger partial charge is 0.0564 e. The van der Waals surface area contributed by atoms with E-state index in [1.807, 2.05) is 18.4 Å². The van der Waals surface area contributed by atoms with E-state index in [4.69, 9.17) is 11.6 Å². The van der Waals surface area contributed by atoms with Gasteiger partial charge in [-0.15, -0.1) is 0 Å². The normalized spacial score (nSPS) is 18.0. The lowest BCUT2D eigenvalue weighted by atomic mass is 10.1. The Labute approximate surface area is 137 Å². The third-order valence-corrected chi connectivity index (χ3v) is 5.70. The van der Waals surface area contributed by atoms with Gasteiger partial charge in [0.1, 0.15) is 0 Å². The largest absolute Gasteiger partial charge is 0.395 e. The van der Waals surface area contributed by atoms with Crippen molar-refractivity contribution < 1.29 is 5.11 Å². The minimum absolute atomic E-state index is 0.191. The van der Waals surface area contributed by atoms with Crippen molar-refractivity contribution in [1.29, 1.82) is 0 Å². The molecular weight excluding hydrogens is 304 g/mol. The zero-order valence-corrected chi connectivity index (χ0v) is 14.4. The van der Waals surface area contributed by atoms with Crippen LogP contribution < -0.4 is 10.2 Å². The molecule has 3 nitrogen and oxygen atoms in total. The number of hydrogen-bond acceptors (Lipinski definition) is 4. The van der Waals surface area contributed by atoms with Crippen LogP contribution in [0.2, 0.25) is 5.02 Å². The lowest BCUT2D eigenvalue weighted by Crippen LogP contribution is -2.37. The minimum atomic E-state index is 0.191. The molecule has 0 aliphatic carbocycles. The second kappa shape index (κ2) is 8.28. The first-order valence-corrected chi connectivity index (χ1v) is 9.23. The molecule has 21 heavy (non-hydrogen) atoms. The van der Waals surface area contributed by atoms with Crippen molar-refractivity contribution in [3.63, 3.8) is 0 Å². The van der Waals surface area contributed by atoms with Crippen molar-refractivity contribution >= 4 is 29.1 Å². The van der Waals surface area contributed by atoms with Crippen molar-refractivity contribution in [3.8, 4) is 0 Å². The average Bonchev–Trinajstić information content (AvgIpc) is 3.01. The topological polar surface area (TPSA) is 35.5 Å². The second-order valence-electron chi connectivity index (χ2n) is 5.56. The molecule has 1 aliphatic rings. The number of rotatable bonds is 7. The van der Waals surface area contributed by atoms with Crippen LogP contribution in [-0.2, 0) is 6.54 Å². The molecule has 0 saturated carbocycles. The van der Waals surface area contributed by atoms with Crippen LogP contribution in [0, 0.1) is 0 Å². The molecule has 0 aromatic heterocycles. The van der Waals surface area contributed by atoms with E-state index in [9.17, 15) is 5.11 Å². The van der Waals surface area contributed by atoms with Crippen LogP contribution in [0.5, 0.6) is 0 Å². The molecule has 0 spiro atoms. The van der Waals surface area contributed by atoms with Gasteiger partial charge in [0, 0.05) is 47.2 Å². The van der Waals surface area contributed by atoms with Crippen LogP contribution in [0.15, 0.2) is 18.2 Å². The maximum absolute atomic E-state index is 9.38. The number of hydrogen-bond donors (Lipinski definition) is 2. The third-order valence-electron chi connectivity index (χ3n) is 4.18. The highest BCUT2D eigenvalue weighted by molar-refractivity contribution is 7.99. The Hall–Kier alpha value is -0.420. The summed E-state index contributed by atoms with van der Waals surface area (Å²) in [6.07, 6.45) is 4.55. The summed E-state index contributed by atoms with van der Waals surface area (Å²) in [5, 5.41) is 13.9. The van der Waals surface area contributed by atoms with Crippen LogP contribution in [0.25, 0.3) is 0 Å². The summed E-state index contributed by atoms with van der Waals surface area (Å²) < 4.78 is 0. The molecule has 1 aromatic carbocycles. The molecular formula is C16H25ClN2OS. The van der Waals surface area contributed by atoms with Gasteiger partial charge in [-0.1, -0.05) is 17.7 Å². The predicted octanol–water partition coefficient (Wildman–Crippen LogP) is 3.14. The maximum Gasteiger partial charge on any atom is 0.0564 e. The first-order chi connectivity index (χ1) is 10.2. The number of nitrogens with zero attached hydrogens (tertiary/aromatic N) is 1. The molecule has 5 heteroatoms. The number of benzene rings is 1. The molecule has 1 fully saturated rings. The minimum Gasteiger partial charge on any atom is -0.395 e. The molecule has 1 saturated heterocycles. The summed E-state index contributed by atoms with van der Waals surface area (Å²) in [7, 11) is 0. The van der Waals surface area contributed by atoms with Crippen LogP contribution in [0.3, 0.4) is 0 Å². The summed E-state index contributed by atoms with van der Waals surface area (Å²) in [6, 6.07) is 6.40. The summed E-state index contributed by atoms with van der Waals surface area (Å²) in [5.41, 5.74) is 2.43. The van der Waals surface area contributed by atoms with Crippen molar-refractivity contribution in [3.05, 3.63) is 28.8 Å². The van der Waals surface area contributed by atoms with E-state index in [2.05, 4.69) is 23.2 Å². The number of aliphatic hydroxyl groups is 1. The molecule has 1 heterocycles. The molecule has 2 unspecified atom stereocenters. The predicted molar refractivity (Wildman–Crippen MR) is 93.6 cm³/mol. The highest BCUT2D eigenvalue weighted by Gasteiger charge is 2.19. The number of halogens is 1. The van der Waals surface area contributed by atoms with Crippen LogP contribution >= 0.6 is 23.4 Å². The van der Waals surface area contributed by atoms with Crippen molar-refractivity contribution in [1.82, 2.24) is 5.32 Å². The van der Waals surface area contributed by atoms with Gasteiger partial charge in [-0.05, 0) is 38.2 Å². The Morgan fingerprint density at radius 3 is 2.71 bits per heavy atom. The molecule has 2 atom stereocenters. The van der Waals surface area contributed by atoms with E-state index >= 15 is 0 Å². The second-order valence-corrected chi connectivity index (χ2v) is 7.04. The van der Waals surface area contributed by atoms with E-state index in [0.717, 1.165) is 24.7 Å².